The predicted octanol–water partition coefficient (Wildman–Crippen LogP) is 5.67. The van der Waals surface area contributed by atoms with Crippen LogP contribution in [0.15, 0.2) is 22.8 Å². The van der Waals surface area contributed by atoms with Crippen molar-refractivity contribution in [1.82, 2.24) is 0 Å². The fourth-order valence-electron chi connectivity index (χ4n) is 9.79. The van der Waals surface area contributed by atoms with E-state index in [4.69, 9.17) is 4.74 Å². The molecule has 0 spiro atoms. The maximum atomic E-state index is 12.6. The van der Waals surface area contributed by atoms with Crippen molar-refractivity contribution in [1.29, 1.82) is 0 Å². The number of aliphatic hydroxyl groups excluding tert-OH is 2. The molecule has 0 aromatic heterocycles. The van der Waals surface area contributed by atoms with Crippen LogP contribution in [0, 0.1) is 39.9 Å². The van der Waals surface area contributed by atoms with Crippen molar-refractivity contribution in [2.45, 2.75) is 118 Å². The maximum Gasteiger partial charge on any atom is 0.331 e. The summed E-state index contributed by atoms with van der Waals surface area (Å²) < 4.78 is 5.87. The third-order valence-electron chi connectivity index (χ3n) is 11.6. The van der Waals surface area contributed by atoms with Crippen molar-refractivity contribution in [2.24, 2.45) is 39.9 Å². The van der Waals surface area contributed by atoms with Gasteiger partial charge in [-0.1, -0.05) is 39.3 Å². The molecule has 9 unspecified atom stereocenters. The Morgan fingerprint density at radius 3 is 2.30 bits per heavy atom. The highest BCUT2D eigenvalue weighted by atomic mass is 16.5. The zero-order valence-electron chi connectivity index (χ0n) is 23.8. The Balaban J connectivity index is 1.82. The second-order valence-corrected chi connectivity index (χ2v) is 13.6. The van der Waals surface area contributed by atoms with E-state index >= 15 is 0 Å². The molecule has 4 fully saturated rings. The molecule has 0 radical (unpaired) electrons. The Morgan fingerprint density at radius 1 is 1.03 bits per heavy atom. The van der Waals surface area contributed by atoms with E-state index < -0.39 is 24.1 Å². The molecule has 0 aromatic rings. The number of esters is 1. The van der Waals surface area contributed by atoms with Gasteiger partial charge in [-0.25, -0.2) is 4.79 Å². The molecule has 4 saturated carbocycles. The predicted molar refractivity (Wildman–Crippen MR) is 143 cm³/mol. The lowest BCUT2D eigenvalue weighted by Crippen LogP contribution is -2.65. The van der Waals surface area contributed by atoms with Crippen LogP contribution in [0.25, 0.3) is 0 Å². The molecule has 0 bridgehead atoms. The summed E-state index contributed by atoms with van der Waals surface area (Å²) in [5.41, 5.74) is 1.57. The summed E-state index contributed by atoms with van der Waals surface area (Å²) in [5, 5.41) is 32.9. The molecule has 0 amide bonds. The summed E-state index contributed by atoms with van der Waals surface area (Å²) >= 11 is 0. The van der Waals surface area contributed by atoms with Crippen LogP contribution in [-0.4, -0.2) is 45.6 Å². The number of hydrogen-bond acceptors (Lipinski definition) is 5. The van der Waals surface area contributed by atoms with E-state index in [1.807, 2.05) is 19.9 Å². The number of carbonyl (C=O) groups is 2. The van der Waals surface area contributed by atoms with E-state index in [0.717, 1.165) is 36.8 Å². The minimum atomic E-state index is -0.953. The van der Waals surface area contributed by atoms with Gasteiger partial charge in [-0.15, -0.1) is 0 Å². The van der Waals surface area contributed by atoms with E-state index in [1.54, 1.807) is 0 Å². The summed E-state index contributed by atoms with van der Waals surface area (Å²) in [4.78, 5) is 24.8. The molecule has 37 heavy (non-hydrogen) atoms. The van der Waals surface area contributed by atoms with Crippen LogP contribution >= 0.6 is 0 Å². The summed E-state index contributed by atoms with van der Waals surface area (Å²) in [6.45, 7) is 14.5. The Morgan fingerprint density at radius 2 is 1.70 bits per heavy atom. The zero-order chi connectivity index (χ0) is 27.5. The fraction of sp³-hybridized carbons (Fsp3) is 0.806. The van der Waals surface area contributed by atoms with Crippen molar-refractivity contribution in [3.05, 3.63) is 22.8 Å². The van der Waals surface area contributed by atoms with Crippen molar-refractivity contribution < 1.29 is 29.6 Å². The molecule has 6 nitrogen and oxygen atoms in total. The SMILES string of the molecule is CC(=O)OC1CC2(C)C(CC(O)C3C4(C)CCC(O)[C@@H](C)C4CCC32C)C1=C(CCC=C(C)C)C(=O)O. The molecule has 6 heteroatoms. The van der Waals surface area contributed by atoms with Crippen LogP contribution in [0.4, 0.5) is 0 Å². The van der Waals surface area contributed by atoms with E-state index in [9.17, 15) is 24.9 Å². The Bertz CT molecular complexity index is 994. The number of allylic oxidation sites excluding steroid dienone is 2. The van der Waals surface area contributed by atoms with E-state index in [-0.39, 0.29) is 40.1 Å². The van der Waals surface area contributed by atoms with Gasteiger partial charge in [-0.3, -0.25) is 4.79 Å². The third-order valence-corrected chi connectivity index (χ3v) is 11.6. The van der Waals surface area contributed by atoms with E-state index in [0.29, 0.717) is 37.2 Å². The Hall–Kier alpha value is -1.66. The number of carboxylic acid groups (broad SMARTS) is 1. The molecule has 4 aliphatic rings. The highest BCUT2D eigenvalue weighted by Crippen LogP contribution is 2.74. The fourth-order valence-corrected chi connectivity index (χ4v) is 9.79. The lowest BCUT2D eigenvalue weighted by molar-refractivity contribution is -0.234. The van der Waals surface area contributed by atoms with E-state index in [2.05, 4.69) is 27.7 Å². The average Bonchev–Trinajstić information content (AvgIpc) is 3.05. The minimum Gasteiger partial charge on any atom is -0.478 e. The van der Waals surface area contributed by atoms with Crippen LogP contribution in [0.1, 0.15) is 99.8 Å². The van der Waals surface area contributed by atoms with Crippen molar-refractivity contribution in [2.75, 3.05) is 0 Å². The molecule has 0 aromatic carbocycles. The highest BCUT2D eigenvalue weighted by molar-refractivity contribution is 5.88. The first-order chi connectivity index (χ1) is 17.2. The molecule has 3 N–H and O–H groups in total. The first-order valence-corrected chi connectivity index (χ1v) is 14.3. The highest BCUT2D eigenvalue weighted by Gasteiger charge is 2.70. The lowest BCUT2D eigenvalue weighted by Gasteiger charge is -2.69. The van der Waals surface area contributed by atoms with Gasteiger partial charge in [0.1, 0.15) is 6.10 Å². The van der Waals surface area contributed by atoms with Crippen LogP contribution in [0.2, 0.25) is 0 Å². The first-order valence-electron chi connectivity index (χ1n) is 14.3. The largest absolute Gasteiger partial charge is 0.478 e. The number of carboxylic acids is 1. The van der Waals surface area contributed by atoms with Gasteiger partial charge in [0, 0.05) is 12.5 Å². The smallest absolute Gasteiger partial charge is 0.331 e. The number of fused-ring (bicyclic) bond motifs is 5. The number of rotatable bonds is 5. The molecule has 0 saturated heterocycles. The zero-order valence-corrected chi connectivity index (χ0v) is 23.8. The molecular formula is C31H48O6. The molecule has 0 aliphatic heterocycles. The van der Waals surface area contributed by atoms with Crippen LogP contribution in [0.3, 0.4) is 0 Å². The first kappa shape index (κ1) is 28.4. The average molecular weight is 517 g/mol. The van der Waals surface area contributed by atoms with Gasteiger partial charge in [0.05, 0.1) is 12.2 Å². The normalized spacial score (nSPS) is 46.2. The quantitative estimate of drug-likeness (QED) is 0.247. The second kappa shape index (κ2) is 9.82. The molecule has 4 aliphatic carbocycles. The Labute approximate surface area is 222 Å². The van der Waals surface area contributed by atoms with Crippen molar-refractivity contribution in [3.63, 3.8) is 0 Å². The van der Waals surface area contributed by atoms with Gasteiger partial charge in [0.25, 0.3) is 0 Å². The van der Waals surface area contributed by atoms with Gasteiger partial charge in [0.2, 0.25) is 0 Å². The number of carbonyl (C=O) groups excluding carboxylic acids is 1. The molecule has 10 atom stereocenters. The minimum absolute atomic E-state index is 0.0474. The summed E-state index contributed by atoms with van der Waals surface area (Å²) in [5.74, 6) is -0.909. The number of aliphatic carboxylic acids is 1. The number of hydrogen-bond donors (Lipinski definition) is 3. The topological polar surface area (TPSA) is 104 Å². The lowest BCUT2D eigenvalue weighted by atomic mass is 9.36. The molecular weight excluding hydrogens is 468 g/mol. The van der Waals surface area contributed by atoms with Crippen molar-refractivity contribution >= 4 is 11.9 Å². The summed E-state index contributed by atoms with van der Waals surface area (Å²) in [6, 6.07) is 0. The van der Waals surface area contributed by atoms with Gasteiger partial charge >= 0.3 is 11.9 Å². The van der Waals surface area contributed by atoms with Gasteiger partial charge in [-0.05, 0) is 111 Å². The van der Waals surface area contributed by atoms with Gasteiger partial charge in [-0.2, -0.15) is 0 Å². The Kier molecular flexibility index (Phi) is 7.53. The number of aliphatic hydroxyl groups is 2. The summed E-state index contributed by atoms with van der Waals surface area (Å²) in [7, 11) is 0. The summed E-state index contributed by atoms with van der Waals surface area (Å²) in [6.07, 6.45) is 6.22. The standard InChI is InChI=1S/C31H48O6/c1-17(2)9-8-10-20(28(35)36)26-22-15-24(34)27-29(5)13-12-23(33)18(3)21(29)11-14-30(27,6)31(22,7)16-25(26)37-19(4)32/h9,18,21-25,27,33-34H,8,10-16H2,1-7H3,(H,35,36)/t18-,21?,22?,23?,24?,25?,27?,29?,30?,31?/m0/s1. The number of ether oxygens (including phenoxy) is 1. The van der Waals surface area contributed by atoms with Crippen LogP contribution in [0.5, 0.6) is 0 Å². The second-order valence-electron chi connectivity index (χ2n) is 13.6. The third kappa shape index (κ3) is 4.40. The van der Waals surface area contributed by atoms with Crippen molar-refractivity contribution in [3.8, 4) is 0 Å². The maximum absolute atomic E-state index is 12.6. The van der Waals surface area contributed by atoms with Crippen LogP contribution < -0.4 is 0 Å². The molecule has 0 heterocycles. The van der Waals surface area contributed by atoms with E-state index in [1.165, 1.54) is 6.92 Å². The van der Waals surface area contributed by atoms with Crippen LogP contribution in [-0.2, 0) is 14.3 Å². The van der Waals surface area contributed by atoms with Gasteiger partial charge < -0.3 is 20.1 Å². The molecule has 4 rings (SSSR count). The monoisotopic (exact) mass is 516 g/mol. The van der Waals surface area contributed by atoms with Gasteiger partial charge in [0.15, 0.2) is 0 Å². The molecule has 208 valence electrons.